The summed E-state index contributed by atoms with van der Waals surface area (Å²) in [5.41, 5.74) is 14.2. The van der Waals surface area contributed by atoms with Crippen LogP contribution in [0.3, 0.4) is 0 Å². The number of aliphatic imine (C=N–C) groups is 2. The van der Waals surface area contributed by atoms with Crippen molar-refractivity contribution < 1.29 is 0 Å². The van der Waals surface area contributed by atoms with E-state index in [-0.39, 0.29) is 0 Å². The highest BCUT2D eigenvalue weighted by Gasteiger charge is 2.24. The molecule has 0 bridgehead atoms. The van der Waals surface area contributed by atoms with E-state index in [1.807, 2.05) is 26.0 Å². The minimum Gasteiger partial charge on any atom is -0.397 e. The Labute approximate surface area is 202 Å². The van der Waals surface area contributed by atoms with E-state index < -0.39 is 0 Å². The summed E-state index contributed by atoms with van der Waals surface area (Å²) in [7, 11) is 1.70. The van der Waals surface area contributed by atoms with E-state index in [1.54, 1.807) is 25.4 Å². The van der Waals surface area contributed by atoms with Crippen molar-refractivity contribution in [2.24, 2.45) is 15.7 Å². The van der Waals surface area contributed by atoms with Crippen LogP contribution in [0.25, 0.3) is 0 Å². The maximum absolute atomic E-state index is 9.17. The number of allylic oxidation sites excluding steroid dienone is 11. The zero-order valence-electron chi connectivity index (χ0n) is 20.2. The third-order valence-electron chi connectivity index (χ3n) is 5.25. The van der Waals surface area contributed by atoms with Gasteiger partial charge in [0.2, 0.25) is 0 Å². The smallest absolute Gasteiger partial charge is 0.0988 e. The molecule has 2 rings (SSSR count). The molecule has 0 aliphatic heterocycles. The molecule has 2 aliphatic carbocycles. The lowest BCUT2D eigenvalue weighted by molar-refractivity contribution is 0.879. The summed E-state index contributed by atoms with van der Waals surface area (Å²) in [6, 6.07) is 2.07. The molecule has 2 aliphatic rings. The number of nitrogens with one attached hydrogen (secondary N) is 2. The fraction of sp³-hybridized carbons (Fsp3) is 0.179. The van der Waals surface area contributed by atoms with Crippen LogP contribution in [0.15, 0.2) is 129 Å². The standard InChI is InChI=1S/C28H32N6/c1-18(19(2)16-29)14-26(33-20(3)12-13-31-7)23(6)32-17-24-10-8-9-11-25(15-24)34-28-22(5)21(4)27(28)30/h8-9,11-15,32,34H,2,4-6,10,17,30H2,1,3,7H3/b18-14+,20-12+,31-13?,33-26-. The molecular formula is C28H32N6. The molecule has 0 aromatic heterocycles. The Morgan fingerprint density at radius 3 is 2.65 bits per heavy atom. The number of nitriles is 1. The van der Waals surface area contributed by atoms with Crippen LogP contribution < -0.4 is 16.4 Å². The van der Waals surface area contributed by atoms with Crippen molar-refractivity contribution in [3.63, 3.8) is 0 Å². The van der Waals surface area contributed by atoms with Crippen molar-refractivity contribution in [2.75, 3.05) is 13.6 Å². The van der Waals surface area contributed by atoms with Crippen LogP contribution in [0, 0.1) is 11.3 Å². The second-order valence-corrected chi connectivity index (χ2v) is 7.89. The topological polar surface area (TPSA) is 98.6 Å². The third-order valence-corrected chi connectivity index (χ3v) is 5.25. The molecule has 4 N–H and O–H groups in total. The molecule has 0 atom stereocenters. The van der Waals surface area contributed by atoms with E-state index in [1.165, 1.54) is 0 Å². The van der Waals surface area contributed by atoms with Gasteiger partial charge in [-0.2, -0.15) is 5.26 Å². The van der Waals surface area contributed by atoms with Gasteiger partial charge in [-0.3, -0.25) is 9.98 Å². The highest BCUT2D eigenvalue weighted by molar-refractivity contribution is 6.09. The quantitative estimate of drug-likeness (QED) is 0.251. The summed E-state index contributed by atoms with van der Waals surface area (Å²) in [5, 5.41) is 15.9. The first-order valence-corrected chi connectivity index (χ1v) is 10.8. The van der Waals surface area contributed by atoms with Crippen LogP contribution >= 0.6 is 0 Å². The minimum absolute atomic E-state index is 0.378. The van der Waals surface area contributed by atoms with Gasteiger partial charge in [0.05, 0.1) is 28.9 Å². The molecule has 6 heteroatoms. The molecule has 0 spiro atoms. The van der Waals surface area contributed by atoms with Gasteiger partial charge in [-0.1, -0.05) is 38.5 Å². The van der Waals surface area contributed by atoms with Gasteiger partial charge in [0, 0.05) is 47.9 Å². The molecule has 0 aromatic carbocycles. The summed E-state index contributed by atoms with van der Waals surface area (Å²) in [4.78, 5) is 8.61. The molecule has 0 aromatic rings. The van der Waals surface area contributed by atoms with E-state index in [9.17, 15) is 0 Å². The molecule has 0 saturated carbocycles. The van der Waals surface area contributed by atoms with Crippen molar-refractivity contribution in [3.8, 4) is 6.07 Å². The van der Waals surface area contributed by atoms with Gasteiger partial charge in [0.15, 0.2) is 0 Å². The van der Waals surface area contributed by atoms with E-state index in [0.29, 0.717) is 29.2 Å². The molecule has 174 valence electrons. The summed E-state index contributed by atoms with van der Waals surface area (Å²) in [6.45, 7) is 20.1. The Morgan fingerprint density at radius 1 is 1.26 bits per heavy atom. The van der Waals surface area contributed by atoms with Crippen LogP contribution in [0.2, 0.25) is 0 Å². The van der Waals surface area contributed by atoms with Crippen molar-refractivity contribution in [2.45, 2.75) is 20.3 Å². The lowest BCUT2D eigenvalue weighted by Crippen LogP contribution is -2.28. The monoisotopic (exact) mass is 452 g/mol. The van der Waals surface area contributed by atoms with Gasteiger partial charge in [0.25, 0.3) is 0 Å². The van der Waals surface area contributed by atoms with Crippen molar-refractivity contribution in [1.29, 1.82) is 5.26 Å². The van der Waals surface area contributed by atoms with Crippen LogP contribution in [0.1, 0.15) is 20.3 Å². The van der Waals surface area contributed by atoms with Gasteiger partial charge in [-0.05, 0) is 55.7 Å². The van der Waals surface area contributed by atoms with E-state index in [0.717, 1.165) is 45.8 Å². The van der Waals surface area contributed by atoms with Gasteiger partial charge < -0.3 is 16.4 Å². The zero-order valence-corrected chi connectivity index (χ0v) is 20.2. The minimum atomic E-state index is 0.378. The van der Waals surface area contributed by atoms with Gasteiger partial charge in [0.1, 0.15) is 0 Å². The average molecular weight is 453 g/mol. The highest BCUT2D eigenvalue weighted by atomic mass is 14.9. The van der Waals surface area contributed by atoms with E-state index in [4.69, 9.17) is 11.0 Å². The Bertz CT molecular complexity index is 1200. The van der Waals surface area contributed by atoms with Crippen molar-refractivity contribution in [1.82, 2.24) is 10.6 Å². The molecule has 0 amide bonds. The number of rotatable bonds is 10. The zero-order chi connectivity index (χ0) is 25.3. The fourth-order valence-corrected chi connectivity index (χ4v) is 3.06. The second-order valence-electron chi connectivity index (χ2n) is 7.89. The van der Waals surface area contributed by atoms with Crippen LogP contribution in [0.4, 0.5) is 0 Å². The summed E-state index contributed by atoms with van der Waals surface area (Å²) >= 11 is 0. The molecule has 0 heterocycles. The Morgan fingerprint density at radius 2 is 2.00 bits per heavy atom. The molecular weight excluding hydrogens is 420 g/mol. The lowest BCUT2D eigenvalue weighted by atomic mass is 9.90. The molecule has 34 heavy (non-hydrogen) atoms. The first kappa shape index (κ1) is 25.9. The first-order valence-electron chi connectivity index (χ1n) is 10.8. The van der Waals surface area contributed by atoms with Gasteiger partial charge in [-0.25, -0.2) is 0 Å². The average Bonchev–Trinajstić information content (AvgIpc) is 3.07. The molecule has 0 fully saturated rings. The summed E-state index contributed by atoms with van der Waals surface area (Å²) < 4.78 is 0. The number of hydrogen-bond donors (Lipinski definition) is 3. The predicted octanol–water partition coefficient (Wildman–Crippen LogP) is 4.82. The van der Waals surface area contributed by atoms with Crippen LogP contribution in [-0.4, -0.2) is 25.5 Å². The Balaban J connectivity index is 2.20. The molecule has 0 unspecified atom stereocenters. The maximum Gasteiger partial charge on any atom is 0.0988 e. The Kier molecular flexibility index (Phi) is 9.16. The maximum atomic E-state index is 9.17. The summed E-state index contributed by atoms with van der Waals surface area (Å²) in [5.74, 6) is 0. The highest BCUT2D eigenvalue weighted by Crippen LogP contribution is 2.32. The van der Waals surface area contributed by atoms with Crippen LogP contribution in [-0.2, 0) is 0 Å². The van der Waals surface area contributed by atoms with Crippen molar-refractivity contribution >= 4 is 11.9 Å². The van der Waals surface area contributed by atoms with E-state index >= 15 is 0 Å². The number of nitrogens with zero attached hydrogens (tertiary/aromatic N) is 3. The largest absolute Gasteiger partial charge is 0.397 e. The second kappa shape index (κ2) is 12.0. The fourth-order valence-electron chi connectivity index (χ4n) is 3.06. The lowest BCUT2D eigenvalue weighted by Gasteiger charge is -2.27. The van der Waals surface area contributed by atoms with Crippen LogP contribution in [0.5, 0.6) is 0 Å². The molecule has 0 saturated heterocycles. The molecule has 0 radical (unpaired) electrons. The van der Waals surface area contributed by atoms with Gasteiger partial charge >= 0.3 is 0 Å². The first-order chi connectivity index (χ1) is 16.2. The number of hydrogen-bond acceptors (Lipinski definition) is 6. The van der Waals surface area contributed by atoms with Gasteiger partial charge in [-0.15, -0.1) is 0 Å². The third kappa shape index (κ3) is 6.81. The molecule has 6 nitrogen and oxygen atoms in total. The summed E-state index contributed by atoms with van der Waals surface area (Å²) in [6.07, 6.45) is 14.2. The number of nitrogens with two attached hydrogens (primary N) is 1. The predicted molar refractivity (Wildman–Crippen MR) is 144 cm³/mol. The normalized spacial score (nSPS) is 17.1. The Hall–Kier alpha value is -4.37. The van der Waals surface area contributed by atoms with Crippen molar-refractivity contribution in [3.05, 3.63) is 119 Å². The SMILES string of the molecule is C=C1C(=C)C(NC2=CC=CCC(CNC(=C)C(/C=C(\C)C(=C)C#N)=N\C(C)=C\C=NC)=C2)=C1N. The van der Waals surface area contributed by atoms with E-state index in [2.05, 4.69) is 65.2 Å².